The number of esters is 1. The molecule has 1 fully saturated rings. The van der Waals surface area contributed by atoms with E-state index in [0.29, 0.717) is 12.3 Å². The Labute approximate surface area is 152 Å². The average Bonchev–Trinajstić information content (AvgIpc) is 2.56. The number of hydrogen-bond donors (Lipinski definition) is 0. The van der Waals surface area contributed by atoms with Crippen LogP contribution in [0, 0.1) is 22.7 Å². The quantitative estimate of drug-likeness (QED) is 0.501. The number of hydrogen-bond acceptors (Lipinski definition) is 3. The van der Waals surface area contributed by atoms with E-state index in [-0.39, 0.29) is 35.1 Å². The van der Waals surface area contributed by atoms with Crippen molar-refractivity contribution in [1.82, 2.24) is 0 Å². The predicted molar refractivity (Wildman–Crippen MR) is 101 cm³/mol. The number of allylic oxidation sites excluding steroid dienone is 3. The third kappa shape index (κ3) is 3.80. The molecule has 0 aliphatic heterocycles. The predicted octanol–water partition coefficient (Wildman–Crippen LogP) is 5.03. The fraction of sp³-hybridized carbons (Fsp3) is 0.636. The summed E-state index contributed by atoms with van der Waals surface area (Å²) >= 11 is 0. The normalized spacial score (nSPS) is 34.7. The Morgan fingerprint density at radius 2 is 2.12 bits per heavy atom. The second kappa shape index (κ2) is 7.31. The van der Waals surface area contributed by atoms with Gasteiger partial charge in [0.25, 0.3) is 0 Å². The first-order valence-corrected chi connectivity index (χ1v) is 9.31. The Balaban J connectivity index is 2.34. The van der Waals surface area contributed by atoms with Gasteiger partial charge in [-0.05, 0) is 60.0 Å². The summed E-state index contributed by atoms with van der Waals surface area (Å²) in [5.74, 6) is 0.675. The molecule has 2 rings (SSSR count). The summed E-state index contributed by atoms with van der Waals surface area (Å²) < 4.78 is 5.27. The highest BCUT2D eigenvalue weighted by atomic mass is 16.5. The van der Waals surface area contributed by atoms with Crippen LogP contribution in [0.1, 0.15) is 59.8 Å². The van der Waals surface area contributed by atoms with Gasteiger partial charge in [-0.15, -0.1) is 0 Å². The molecule has 3 heteroatoms. The summed E-state index contributed by atoms with van der Waals surface area (Å²) in [7, 11) is 0. The summed E-state index contributed by atoms with van der Waals surface area (Å²) in [6.07, 6.45) is 8.22. The van der Waals surface area contributed by atoms with Gasteiger partial charge in [-0.3, -0.25) is 9.59 Å². The molecule has 0 aromatic heterocycles. The van der Waals surface area contributed by atoms with Crippen molar-refractivity contribution in [2.45, 2.75) is 59.8 Å². The highest BCUT2D eigenvalue weighted by molar-refractivity contribution is 5.92. The maximum atomic E-state index is 12.5. The molecule has 2 aliphatic carbocycles. The lowest BCUT2D eigenvalue weighted by molar-refractivity contribution is -0.141. The van der Waals surface area contributed by atoms with E-state index in [0.717, 1.165) is 36.8 Å². The summed E-state index contributed by atoms with van der Waals surface area (Å²) in [4.78, 5) is 23.7. The highest BCUT2D eigenvalue weighted by Crippen LogP contribution is 2.61. The molecule has 0 heterocycles. The monoisotopic (exact) mass is 344 g/mol. The molecule has 4 atom stereocenters. The first kappa shape index (κ1) is 19.7. The first-order valence-electron chi connectivity index (χ1n) is 9.31. The molecule has 1 saturated carbocycles. The van der Waals surface area contributed by atoms with E-state index in [9.17, 15) is 9.59 Å². The van der Waals surface area contributed by atoms with E-state index in [4.69, 9.17) is 4.74 Å². The van der Waals surface area contributed by atoms with Gasteiger partial charge in [0.05, 0.1) is 0 Å². The number of carbonyl (C=O) groups excluding carboxylic acids is 2. The van der Waals surface area contributed by atoms with Crippen LogP contribution < -0.4 is 0 Å². The zero-order chi connectivity index (χ0) is 18.8. The molecule has 0 aromatic rings. The van der Waals surface area contributed by atoms with E-state index in [1.165, 1.54) is 6.92 Å². The van der Waals surface area contributed by atoms with Gasteiger partial charge in [-0.2, -0.15) is 0 Å². The van der Waals surface area contributed by atoms with Crippen molar-refractivity contribution in [1.29, 1.82) is 0 Å². The van der Waals surface area contributed by atoms with Crippen molar-refractivity contribution in [2.75, 3.05) is 6.61 Å². The van der Waals surface area contributed by atoms with Gasteiger partial charge in [-0.1, -0.05) is 45.6 Å². The van der Waals surface area contributed by atoms with Crippen molar-refractivity contribution in [2.24, 2.45) is 22.7 Å². The van der Waals surface area contributed by atoms with Gasteiger partial charge in [0.2, 0.25) is 0 Å². The minimum absolute atomic E-state index is 0.0599. The Bertz CT molecular complexity index is 615. The maximum Gasteiger partial charge on any atom is 0.302 e. The number of ether oxygens (including phenoxy) is 1. The highest BCUT2D eigenvalue weighted by Gasteiger charge is 2.55. The molecule has 0 saturated heterocycles. The van der Waals surface area contributed by atoms with Gasteiger partial charge in [0, 0.05) is 13.3 Å². The lowest BCUT2D eigenvalue weighted by atomic mass is 9.46. The van der Waals surface area contributed by atoms with Crippen LogP contribution in [0.3, 0.4) is 0 Å². The summed E-state index contributed by atoms with van der Waals surface area (Å²) in [5.41, 5.74) is 2.02. The molecule has 0 N–H and O–H groups in total. The smallest absolute Gasteiger partial charge is 0.302 e. The van der Waals surface area contributed by atoms with Crippen LogP contribution in [0.25, 0.3) is 0 Å². The van der Waals surface area contributed by atoms with Gasteiger partial charge in [0.15, 0.2) is 5.78 Å². The lowest BCUT2D eigenvalue weighted by Gasteiger charge is -2.57. The zero-order valence-electron chi connectivity index (χ0n) is 16.2. The number of fused-ring (bicyclic) bond motifs is 1. The molecule has 25 heavy (non-hydrogen) atoms. The molecule has 0 spiro atoms. The van der Waals surface area contributed by atoms with Crippen LogP contribution in [0.15, 0.2) is 36.5 Å². The molecule has 0 radical (unpaired) electrons. The molecule has 0 aromatic carbocycles. The van der Waals surface area contributed by atoms with Crippen molar-refractivity contribution in [3.05, 3.63) is 36.5 Å². The minimum atomic E-state index is -0.298. The average molecular weight is 344 g/mol. The van der Waals surface area contributed by atoms with E-state index in [1.807, 2.05) is 6.08 Å². The van der Waals surface area contributed by atoms with Gasteiger partial charge >= 0.3 is 5.97 Å². The third-order valence-electron chi connectivity index (χ3n) is 6.97. The minimum Gasteiger partial charge on any atom is -0.461 e. The molecular formula is C22H32O3. The fourth-order valence-corrected chi connectivity index (χ4v) is 4.89. The van der Waals surface area contributed by atoms with E-state index in [2.05, 4.69) is 33.9 Å². The first-order chi connectivity index (χ1) is 11.6. The fourth-order valence-electron chi connectivity index (χ4n) is 4.89. The molecule has 3 nitrogen and oxygen atoms in total. The van der Waals surface area contributed by atoms with Gasteiger partial charge < -0.3 is 4.74 Å². The third-order valence-corrected chi connectivity index (χ3v) is 6.97. The Hall–Kier alpha value is -1.64. The summed E-state index contributed by atoms with van der Waals surface area (Å²) in [6, 6.07) is 0. The lowest BCUT2D eigenvalue weighted by Crippen LogP contribution is -2.51. The molecular weight excluding hydrogens is 312 g/mol. The topological polar surface area (TPSA) is 43.4 Å². The van der Waals surface area contributed by atoms with Crippen molar-refractivity contribution >= 4 is 11.8 Å². The van der Waals surface area contributed by atoms with Crippen LogP contribution >= 0.6 is 0 Å². The molecule has 0 amide bonds. The van der Waals surface area contributed by atoms with Crippen LogP contribution in [-0.4, -0.2) is 18.4 Å². The Morgan fingerprint density at radius 3 is 2.72 bits per heavy atom. The van der Waals surface area contributed by atoms with Crippen molar-refractivity contribution in [3.63, 3.8) is 0 Å². The van der Waals surface area contributed by atoms with E-state index < -0.39 is 0 Å². The maximum absolute atomic E-state index is 12.5. The van der Waals surface area contributed by atoms with E-state index >= 15 is 0 Å². The van der Waals surface area contributed by atoms with Gasteiger partial charge in [-0.25, -0.2) is 0 Å². The van der Waals surface area contributed by atoms with Crippen LogP contribution in [-0.2, 0) is 14.3 Å². The van der Waals surface area contributed by atoms with E-state index in [1.54, 1.807) is 6.08 Å². The number of ketones is 1. The SMILES string of the molecule is C=CC(=C)CC[C@]1(C)[C@H](C)CC[C@@]2(C)C(COC(C)=O)=CC(=O)C[C@@H]12. The molecule has 138 valence electrons. The molecule has 2 aliphatic rings. The summed E-state index contributed by atoms with van der Waals surface area (Å²) in [5, 5.41) is 0. The van der Waals surface area contributed by atoms with Gasteiger partial charge in [0.1, 0.15) is 6.61 Å². The molecule has 0 bridgehead atoms. The van der Waals surface area contributed by atoms with Crippen LogP contribution in [0.2, 0.25) is 0 Å². The van der Waals surface area contributed by atoms with Crippen molar-refractivity contribution in [3.8, 4) is 0 Å². The number of carbonyl (C=O) groups is 2. The molecule has 0 unspecified atom stereocenters. The standard InChI is InChI=1S/C22H32O3/c1-7-15(2)8-10-21(5)16(3)9-11-22(6)18(14-25-17(4)23)12-19(24)13-20(21)22/h7,12,16,20H,1-2,8-11,13-14H2,3-6H3/t16-,20+,21-,22+/m1/s1. The van der Waals surface area contributed by atoms with Crippen molar-refractivity contribution < 1.29 is 14.3 Å². The van der Waals surface area contributed by atoms with Crippen LogP contribution in [0.5, 0.6) is 0 Å². The second-order valence-electron chi connectivity index (χ2n) is 8.40. The largest absolute Gasteiger partial charge is 0.461 e. The Morgan fingerprint density at radius 1 is 1.44 bits per heavy atom. The second-order valence-corrected chi connectivity index (χ2v) is 8.40. The van der Waals surface area contributed by atoms with Crippen LogP contribution in [0.4, 0.5) is 0 Å². The number of rotatable bonds is 6. The zero-order valence-corrected chi connectivity index (χ0v) is 16.2. The summed E-state index contributed by atoms with van der Waals surface area (Å²) in [6.45, 7) is 16.4. The Kier molecular flexibility index (Phi) is 5.75.